The maximum atomic E-state index is 14.2. The molecule has 23 heavy (non-hydrogen) atoms. The summed E-state index contributed by atoms with van der Waals surface area (Å²) in [6, 6.07) is 11.3. The van der Waals surface area contributed by atoms with Crippen molar-refractivity contribution in [1.82, 2.24) is 4.90 Å². The number of likely N-dealkylation sites (N-methyl/N-ethyl adjacent to an activating group) is 1. The summed E-state index contributed by atoms with van der Waals surface area (Å²) in [7, 11) is 1.99. The van der Waals surface area contributed by atoms with Crippen molar-refractivity contribution in [3.8, 4) is 11.8 Å². The first-order chi connectivity index (χ1) is 10.9. The van der Waals surface area contributed by atoms with E-state index < -0.39 is 0 Å². The van der Waals surface area contributed by atoms with Crippen LogP contribution in [0.1, 0.15) is 26.3 Å². The molecule has 0 saturated carbocycles. The number of halogens is 1. The minimum Gasteiger partial charge on any atom is -0.298 e. The molecular formula is C21H24FN. The normalized spacial score (nSPS) is 11.9. The number of hydrogen-bond acceptors (Lipinski definition) is 1. The van der Waals surface area contributed by atoms with Gasteiger partial charge in [-0.05, 0) is 50.7 Å². The van der Waals surface area contributed by atoms with Crippen LogP contribution in [0.25, 0.3) is 10.8 Å². The smallest absolute Gasteiger partial charge is 0.128 e. The van der Waals surface area contributed by atoms with E-state index in [9.17, 15) is 4.39 Å². The highest BCUT2D eigenvalue weighted by Crippen LogP contribution is 2.22. The van der Waals surface area contributed by atoms with Gasteiger partial charge < -0.3 is 0 Å². The zero-order chi connectivity index (χ0) is 16.9. The molecule has 2 rings (SSSR count). The van der Waals surface area contributed by atoms with Crippen LogP contribution < -0.4 is 0 Å². The summed E-state index contributed by atoms with van der Waals surface area (Å²) < 4.78 is 14.2. The number of hydrogen-bond donors (Lipinski definition) is 0. The molecule has 0 aliphatic rings. The van der Waals surface area contributed by atoms with Crippen LogP contribution in [0.5, 0.6) is 0 Å². The van der Waals surface area contributed by atoms with Crippen molar-refractivity contribution in [1.29, 1.82) is 0 Å². The van der Waals surface area contributed by atoms with Gasteiger partial charge in [-0.3, -0.25) is 4.90 Å². The van der Waals surface area contributed by atoms with E-state index in [0.717, 1.165) is 22.9 Å². The fourth-order valence-electron chi connectivity index (χ4n) is 2.35. The number of nitrogens with zero attached hydrogens (tertiary/aromatic N) is 1. The molecule has 0 N–H and O–H groups in total. The Morgan fingerprint density at radius 3 is 2.61 bits per heavy atom. The summed E-state index contributed by atoms with van der Waals surface area (Å²) in [6.45, 7) is 7.57. The van der Waals surface area contributed by atoms with Crippen molar-refractivity contribution in [3.63, 3.8) is 0 Å². The van der Waals surface area contributed by atoms with Gasteiger partial charge in [0.15, 0.2) is 0 Å². The predicted molar refractivity (Wildman–Crippen MR) is 96.6 cm³/mol. The molecule has 0 bridgehead atoms. The van der Waals surface area contributed by atoms with Gasteiger partial charge in [0.2, 0.25) is 0 Å². The van der Waals surface area contributed by atoms with Crippen molar-refractivity contribution >= 4 is 10.8 Å². The Kier molecular flexibility index (Phi) is 5.58. The predicted octanol–water partition coefficient (Wildman–Crippen LogP) is 5.02. The average Bonchev–Trinajstić information content (AvgIpc) is 2.49. The van der Waals surface area contributed by atoms with Crippen molar-refractivity contribution in [2.75, 3.05) is 13.6 Å². The van der Waals surface area contributed by atoms with Crippen molar-refractivity contribution in [3.05, 3.63) is 59.9 Å². The quantitative estimate of drug-likeness (QED) is 0.717. The lowest BCUT2D eigenvalue weighted by Gasteiger charge is -2.16. The highest BCUT2D eigenvalue weighted by atomic mass is 18.2. The van der Waals surface area contributed by atoms with Crippen molar-refractivity contribution < 1.29 is 4.39 Å². The van der Waals surface area contributed by atoms with Gasteiger partial charge in [-0.2, -0.15) is 0 Å². The SMILES string of the molecule is CN(CC=CC#CC(C)(C)C)Cc1c([18F])ccc2ccccc12. The van der Waals surface area contributed by atoms with Gasteiger partial charge in [0.05, 0.1) is 0 Å². The van der Waals surface area contributed by atoms with Crippen LogP contribution >= 0.6 is 0 Å². The van der Waals surface area contributed by atoms with E-state index in [1.165, 1.54) is 0 Å². The Morgan fingerprint density at radius 2 is 1.87 bits per heavy atom. The Bertz CT molecular complexity index is 757. The van der Waals surface area contributed by atoms with Crippen LogP contribution in [0, 0.1) is 23.1 Å². The lowest BCUT2D eigenvalue weighted by atomic mass is 9.98. The molecule has 0 atom stereocenters. The molecule has 0 amide bonds. The molecule has 0 saturated heterocycles. The molecule has 2 aromatic carbocycles. The van der Waals surface area contributed by atoms with Gasteiger partial charge in [-0.25, -0.2) is 4.39 Å². The van der Waals surface area contributed by atoms with Gasteiger partial charge in [-0.1, -0.05) is 48.2 Å². The zero-order valence-corrected chi connectivity index (χ0v) is 14.4. The molecule has 0 spiro atoms. The van der Waals surface area contributed by atoms with E-state index in [1.807, 2.05) is 49.5 Å². The minimum absolute atomic E-state index is 0.0162. The zero-order valence-electron chi connectivity index (χ0n) is 14.4. The molecule has 0 unspecified atom stereocenters. The average molecular weight is 308 g/mol. The summed E-state index contributed by atoms with van der Waals surface area (Å²) >= 11 is 0. The molecular weight excluding hydrogens is 284 g/mol. The van der Waals surface area contributed by atoms with Gasteiger partial charge in [0, 0.05) is 24.1 Å². The maximum Gasteiger partial charge on any atom is 0.128 e. The lowest BCUT2D eigenvalue weighted by Crippen LogP contribution is -2.18. The van der Waals surface area contributed by atoms with E-state index >= 15 is 0 Å². The molecule has 120 valence electrons. The fourth-order valence-corrected chi connectivity index (χ4v) is 2.35. The molecule has 0 heterocycles. The summed E-state index contributed by atoms with van der Waals surface area (Å²) in [5.41, 5.74) is 0.766. The Hall–Kier alpha value is -2.11. The van der Waals surface area contributed by atoms with Crippen LogP contribution in [-0.2, 0) is 6.54 Å². The molecule has 1 nitrogen and oxygen atoms in total. The van der Waals surface area contributed by atoms with Crippen LogP contribution in [0.3, 0.4) is 0 Å². The maximum absolute atomic E-state index is 14.2. The first kappa shape index (κ1) is 17.2. The summed E-state index contributed by atoms with van der Waals surface area (Å²) in [6.07, 6.45) is 3.89. The monoisotopic (exact) mass is 308 g/mol. The second kappa shape index (κ2) is 7.44. The van der Waals surface area contributed by atoms with E-state index in [0.29, 0.717) is 6.54 Å². The summed E-state index contributed by atoms with van der Waals surface area (Å²) in [4.78, 5) is 2.08. The molecule has 0 radical (unpaired) electrons. The largest absolute Gasteiger partial charge is 0.298 e. The molecule has 0 aromatic heterocycles. The highest BCUT2D eigenvalue weighted by Gasteiger charge is 2.09. The third-order valence-electron chi connectivity index (χ3n) is 3.48. The highest BCUT2D eigenvalue weighted by molar-refractivity contribution is 5.85. The second-order valence-corrected chi connectivity index (χ2v) is 6.87. The summed E-state index contributed by atoms with van der Waals surface area (Å²) in [5, 5.41) is 2.06. The second-order valence-electron chi connectivity index (χ2n) is 6.87. The Morgan fingerprint density at radius 1 is 1.13 bits per heavy atom. The standard InChI is InChI=1S/C21H24FN/c1-21(2,3)14-8-5-9-15-23(4)16-19-18-11-7-6-10-17(18)12-13-20(19)22/h5-7,9-13H,15-16H2,1-4H3/i22-1. The van der Waals surface area contributed by atoms with Crippen LogP contribution in [0.2, 0.25) is 0 Å². The van der Waals surface area contributed by atoms with Crippen LogP contribution in [-0.4, -0.2) is 18.5 Å². The van der Waals surface area contributed by atoms with Gasteiger partial charge in [0.25, 0.3) is 0 Å². The first-order valence-electron chi connectivity index (χ1n) is 7.89. The van der Waals surface area contributed by atoms with Gasteiger partial charge in [0.1, 0.15) is 5.82 Å². The van der Waals surface area contributed by atoms with Crippen LogP contribution in [0.4, 0.5) is 4.39 Å². The van der Waals surface area contributed by atoms with Gasteiger partial charge >= 0.3 is 0 Å². The third kappa shape index (κ3) is 5.23. The molecule has 0 aliphatic carbocycles. The molecule has 2 aromatic rings. The number of fused-ring (bicyclic) bond motifs is 1. The van der Waals surface area contributed by atoms with Crippen LogP contribution in [0.15, 0.2) is 48.6 Å². The Labute approximate surface area is 138 Å². The first-order valence-corrected chi connectivity index (χ1v) is 7.89. The van der Waals surface area contributed by atoms with E-state index in [1.54, 1.807) is 6.07 Å². The van der Waals surface area contributed by atoms with E-state index in [4.69, 9.17) is 0 Å². The molecule has 2 heteroatoms. The summed E-state index contributed by atoms with van der Waals surface area (Å²) in [5.74, 6) is 6.07. The molecule has 0 aliphatic heterocycles. The minimum atomic E-state index is -0.146. The van der Waals surface area contributed by atoms with Crippen molar-refractivity contribution in [2.45, 2.75) is 27.3 Å². The lowest BCUT2D eigenvalue weighted by molar-refractivity contribution is 0.358. The van der Waals surface area contributed by atoms with Gasteiger partial charge in [-0.15, -0.1) is 0 Å². The number of allylic oxidation sites excluding steroid dienone is 1. The van der Waals surface area contributed by atoms with E-state index in [2.05, 4.69) is 37.5 Å². The third-order valence-corrected chi connectivity index (χ3v) is 3.48. The van der Waals surface area contributed by atoms with Crippen molar-refractivity contribution in [2.24, 2.45) is 5.41 Å². The Balaban J connectivity index is 2.06. The fraction of sp³-hybridized carbons (Fsp3) is 0.333. The number of benzene rings is 2. The number of rotatable bonds is 4. The molecule has 0 fully saturated rings. The van der Waals surface area contributed by atoms with E-state index in [-0.39, 0.29) is 11.2 Å². The topological polar surface area (TPSA) is 3.24 Å².